The van der Waals surface area contributed by atoms with E-state index in [4.69, 9.17) is 26.2 Å². The second-order valence-electron chi connectivity index (χ2n) is 20.8. The first-order valence-electron chi connectivity index (χ1n) is 24.4. The van der Waals surface area contributed by atoms with Gasteiger partial charge in [-0.2, -0.15) is 10.2 Å². The fraction of sp³-hybridized carbons (Fsp3) is 0.451. The van der Waals surface area contributed by atoms with E-state index in [9.17, 15) is 19.8 Å². The van der Waals surface area contributed by atoms with Gasteiger partial charge in [-0.15, -0.1) is 0 Å². The number of aliphatic hydroxyl groups excluding tert-OH is 2. The van der Waals surface area contributed by atoms with Crippen LogP contribution in [0.5, 0.6) is 0 Å². The van der Waals surface area contributed by atoms with E-state index in [1.54, 1.807) is 51.5 Å². The predicted molar refractivity (Wildman–Crippen MR) is 274 cm³/mol. The summed E-state index contributed by atoms with van der Waals surface area (Å²) in [6.07, 6.45) is 1.08. The molecule has 376 valence electrons. The van der Waals surface area contributed by atoms with Crippen LogP contribution in [0, 0.1) is 11.8 Å². The molecule has 19 heteroatoms. The molecule has 2 fully saturated rings. The number of ether oxygens (including phenoxy) is 2. The zero-order valence-corrected chi connectivity index (χ0v) is 44.2. The number of amides is 2. The summed E-state index contributed by atoms with van der Waals surface area (Å²) in [4.78, 5) is 34.0. The molecule has 8 rings (SSSR count). The molecule has 6 heterocycles. The van der Waals surface area contributed by atoms with Crippen molar-refractivity contribution in [3.63, 3.8) is 0 Å². The van der Waals surface area contributed by atoms with E-state index in [0.29, 0.717) is 45.2 Å². The molecule has 6 aromatic rings. The lowest BCUT2D eigenvalue weighted by Gasteiger charge is -2.40. The molecule has 0 aliphatic carbocycles. The topological polar surface area (TPSA) is 216 Å². The van der Waals surface area contributed by atoms with Gasteiger partial charge in [-0.3, -0.25) is 9.59 Å². The molecule has 2 saturated heterocycles. The minimum absolute atomic E-state index is 0.0498. The number of rotatable bonds is 11. The van der Waals surface area contributed by atoms with Crippen molar-refractivity contribution in [1.82, 2.24) is 29.2 Å². The van der Waals surface area contributed by atoms with Crippen LogP contribution in [-0.2, 0) is 18.3 Å². The van der Waals surface area contributed by atoms with E-state index < -0.39 is 54.2 Å². The van der Waals surface area contributed by atoms with Gasteiger partial charge in [0, 0.05) is 30.0 Å². The normalized spacial score (nSPS) is 23.2. The number of carbonyl (C=O) groups is 2. The van der Waals surface area contributed by atoms with Gasteiger partial charge in [-0.1, -0.05) is 98.4 Å². The third-order valence-corrected chi connectivity index (χ3v) is 23.1. The van der Waals surface area contributed by atoms with Gasteiger partial charge in [0.05, 0.1) is 38.7 Å². The maximum absolute atomic E-state index is 12.7. The van der Waals surface area contributed by atoms with Gasteiger partial charge in [-0.05, 0) is 84.8 Å². The summed E-state index contributed by atoms with van der Waals surface area (Å²) in [5, 5.41) is 43.0. The van der Waals surface area contributed by atoms with Gasteiger partial charge in [0.15, 0.2) is 40.2 Å². The Labute approximate surface area is 415 Å². The predicted octanol–water partition coefficient (Wildman–Crippen LogP) is 8.96. The number of benzene rings is 2. The van der Waals surface area contributed by atoms with Crippen LogP contribution in [0.3, 0.4) is 0 Å². The first-order valence-corrected chi connectivity index (χ1v) is 29.0. The summed E-state index contributed by atoms with van der Waals surface area (Å²) >= 11 is 0. The molecule has 5 N–H and O–H groups in total. The van der Waals surface area contributed by atoms with Gasteiger partial charge in [0.1, 0.15) is 29.8 Å². The average Bonchev–Trinajstić information content (AvgIpc) is 4.07. The van der Waals surface area contributed by atoms with E-state index in [-0.39, 0.29) is 40.0 Å². The lowest BCUT2D eigenvalue weighted by Crippen LogP contribution is -2.48. The molecule has 0 bridgehead atoms. The molecular formula is C51H70N8O9Si2. The number of carbonyl (C=O) groups excluding carboxylic acids is 2. The van der Waals surface area contributed by atoms with Crippen molar-refractivity contribution < 1.29 is 46.0 Å². The molecule has 17 nitrogen and oxygen atoms in total. The summed E-state index contributed by atoms with van der Waals surface area (Å²) < 4.78 is 40.8. The molecule has 0 radical (unpaired) electrons. The third-order valence-electron chi connectivity index (χ3n) is 14.2. The van der Waals surface area contributed by atoms with Crippen LogP contribution in [-0.4, -0.2) is 105 Å². The highest BCUT2D eigenvalue weighted by atomic mass is 28.4. The van der Waals surface area contributed by atoms with E-state index in [0.717, 1.165) is 5.69 Å². The van der Waals surface area contributed by atoms with Gasteiger partial charge in [-0.25, -0.2) is 19.0 Å². The molecule has 2 aliphatic heterocycles. The Hall–Kier alpha value is -5.65. The molecule has 2 aromatic carbocycles. The Bertz CT molecular complexity index is 2840. The number of hydrogen-bond acceptors (Lipinski definition) is 13. The lowest BCUT2D eigenvalue weighted by molar-refractivity contribution is -0.231. The minimum Gasteiger partial charge on any atom is -0.486 e. The van der Waals surface area contributed by atoms with Gasteiger partial charge < -0.3 is 44.3 Å². The van der Waals surface area contributed by atoms with Crippen molar-refractivity contribution >= 4 is 51.1 Å². The number of nitrogens with zero attached hydrogens (tertiary/aromatic N) is 6. The Morgan fingerprint density at radius 2 is 1.16 bits per heavy atom. The zero-order valence-electron chi connectivity index (χ0n) is 44.2. The number of hydrogen-bond donors (Lipinski definition) is 5. The van der Waals surface area contributed by atoms with Crippen molar-refractivity contribution in [1.29, 1.82) is 0 Å². The standard InChI is InChI=1S/C25H34N4O5Si.C25H32N4O3Si.CH4O/c1-16-20(34-35(5,6)24(2,3)4)21(33-25(16,32)14-30)18-12-13-19-22(26-15-27-29(18)19)28-23(31)17-10-8-7-9-11-17;1-16-17(2)31-22(21(16)32-33(6,7)25(3,4)5)19-13-14-20-23(26-15-27-29(19)20)28-24(30)18-11-9-8-10-12-18;1-2/h7-13,15-16,20-21,30,32H,14H2,1-6H3,(H,26,27,28,31);8-16,21-22H,2H2,1,3-7H3,(H,26,27,28,30);2H,1H3/t16-,20+,21-,25?;16-,21-,22+;/m01./s1/i;;1D2. The highest BCUT2D eigenvalue weighted by Crippen LogP contribution is 2.49. The van der Waals surface area contributed by atoms with Gasteiger partial charge in [0.25, 0.3) is 11.8 Å². The van der Waals surface area contributed by atoms with Crippen LogP contribution < -0.4 is 10.6 Å². The van der Waals surface area contributed by atoms with Crippen LogP contribution in [0.1, 0.15) is 102 Å². The molecule has 1 unspecified atom stereocenters. The summed E-state index contributed by atoms with van der Waals surface area (Å²) in [6.45, 7) is 29.4. The molecule has 0 spiro atoms. The van der Waals surface area contributed by atoms with E-state index in [1.165, 1.54) is 12.7 Å². The van der Waals surface area contributed by atoms with Crippen LogP contribution in [0.25, 0.3) is 11.0 Å². The van der Waals surface area contributed by atoms with Crippen molar-refractivity contribution in [2.45, 2.75) is 122 Å². The summed E-state index contributed by atoms with van der Waals surface area (Å²) in [5.74, 6) is -1.19. The average molecular weight is 997 g/mol. The Morgan fingerprint density at radius 3 is 1.57 bits per heavy atom. The van der Waals surface area contributed by atoms with Crippen LogP contribution in [0.15, 0.2) is 110 Å². The lowest BCUT2D eigenvalue weighted by atomic mass is 9.95. The van der Waals surface area contributed by atoms with Gasteiger partial charge in [0.2, 0.25) is 0 Å². The number of fused-ring (bicyclic) bond motifs is 2. The molecule has 7 atom stereocenters. The molecule has 0 saturated carbocycles. The first kappa shape index (κ1) is 50.7. The highest BCUT2D eigenvalue weighted by Gasteiger charge is 2.56. The largest absolute Gasteiger partial charge is 0.486 e. The second kappa shape index (κ2) is 21.0. The monoisotopic (exact) mass is 996 g/mol. The Morgan fingerprint density at radius 1 is 0.743 bits per heavy atom. The number of nitrogens with one attached hydrogen (secondary N) is 2. The van der Waals surface area contributed by atoms with Crippen LogP contribution >= 0.6 is 0 Å². The third kappa shape index (κ3) is 11.0. The SMILES string of the molecule is C=C1O[C@@H](c2ccc3c(NC(=O)c4ccccc4)ncnn23)[C@H](O[Si](C)(C)C(C)(C)C)[C@@H]1C.C[C@H]1[C@@H](O[Si](C)(C)C(C)(C)C)[C@H](c2ccc3c(NC(=O)c4ccccc4)ncnn23)OC1(O)CO.[2H]C([2H])O. The molecule has 70 heavy (non-hydrogen) atoms. The smallest absolute Gasteiger partial charge is 0.256 e. The molecule has 4 aromatic heterocycles. The number of anilines is 2. The summed E-state index contributed by atoms with van der Waals surface area (Å²) in [6, 6.07) is 25.4. The van der Waals surface area contributed by atoms with Crippen molar-refractivity contribution in [2.24, 2.45) is 11.8 Å². The molecule has 2 aliphatic rings. The van der Waals surface area contributed by atoms with Crippen molar-refractivity contribution in [3.05, 3.63) is 132 Å². The molecule has 2 amide bonds. The van der Waals surface area contributed by atoms with E-state index in [2.05, 4.69) is 112 Å². The van der Waals surface area contributed by atoms with Crippen LogP contribution in [0.2, 0.25) is 36.3 Å². The minimum atomic E-state index is -2.25. The quantitative estimate of drug-likeness (QED) is 0.0767. The van der Waals surface area contributed by atoms with E-state index in [1.807, 2.05) is 49.4 Å². The fourth-order valence-electron chi connectivity index (χ4n) is 7.77. The summed E-state index contributed by atoms with van der Waals surface area (Å²) in [5.41, 5.74) is 3.83. The first-order chi connectivity index (χ1) is 33.6. The Balaban J connectivity index is 0.000000219. The maximum Gasteiger partial charge on any atom is 0.256 e. The Kier molecular flexibility index (Phi) is 15.2. The van der Waals surface area contributed by atoms with Crippen molar-refractivity contribution in [3.8, 4) is 0 Å². The van der Waals surface area contributed by atoms with E-state index >= 15 is 0 Å². The number of aromatic nitrogens is 6. The summed E-state index contributed by atoms with van der Waals surface area (Å²) in [7, 11) is -5.97. The fourth-order valence-corrected chi connectivity index (χ4v) is 10.5. The van der Waals surface area contributed by atoms with Crippen LogP contribution in [0.4, 0.5) is 11.6 Å². The van der Waals surface area contributed by atoms with Gasteiger partial charge >= 0.3 is 0 Å². The van der Waals surface area contributed by atoms with Crippen molar-refractivity contribution in [2.75, 3.05) is 24.3 Å². The maximum atomic E-state index is 12.7. The molecular weight excluding hydrogens is 925 g/mol. The second-order valence-corrected chi connectivity index (χ2v) is 30.3. The zero-order chi connectivity index (χ0) is 53.1. The number of aliphatic hydroxyl groups is 3. The highest BCUT2D eigenvalue weighted by molar-refractivity contribution is 6.74.